The lowest BCUT2D eigenvalue weighted by Gasteiger charge is -2.26. The van der Waals surface area contributed by atoms with Gasteiger partial charge in [0.05, 0.1) is 19.3 Å². The number of rotatable bonds is 7. The fraction of sp³-hybridized carbons (Fsp3) is 0.273. The summed E-state index contributed by atoms with van der Waals surface area (Å²) in [4.78, 5) is 18.7. The van der Waals surface area contributed by atoms with Crippen molar-refractivity contribution in [2.75, 3.05) is 14.2 Å². The van der Waals surface area contributed by atoms with Gasteiger partial charge in [0, 0.05) is 31.0 Å². The van der Waals surface area contributed by atoms with Gasteiger partial charge >= 0.3 is 0 Å². The smallest absolute Gasteiger partial charge is 0.223 e. The van der Waals surface area contributed by atoms with E-state index in [9.17, 15) is 4.79 Å². The van der Waals surface area contributed by atoms with Crippen LogP contribution >= 0.6 is 0 Å². The number of benzene rings is 2. The molecule has 0 aliphatic carbocycles. The fourth-order valence-electron chi connectivity index (χ4n) is 2.99. The molecule has 5 nitrogen and oxygen atoms in total. The first-order valence-corrected chi connectivity index (χ1v) is 8.99. The molecule has 27 heavy (non-hydrogen) atoms. The van der Waals surface area contributed by atoms with Crippen molar-refractivity contribution in [1.29, 1.82) is 0 Å². The Morgan fingerprint density at radius 1 is 1.15 bits per heavy atom. The van der Waals surface area contributed by atoms with Crippen molar-refractivity contribution in [3.8, 4) is 17.1 Å². The average Bonchev–Trinajstić information content (AvgIpc) is 3.20. The monoisotopic (exact) mass is 364 g/mol. The minimum Gasteiger partial charge on any atom is -0.496 e. The van der Waals surface area contributed by atoms with Crippen LogP contribution < -0.4 is 4.74 Å². The lowest BCUT2D eigenvalue weighted by atomic mass is 10.1. The van der Waals surface area contributed by atoms with E-state index in [0.29, 0.717) is 24.5 Å². The summed E-state index contributed by atoms with van der Waals surface area (Å²) in [6.07, 6.45) is 2.51. The minimum atomic E-state index is -0.0851. The van der Waals surface area contributed by atoms with Crippen LogP contribution in [-0.2, 0) is 11.2 Å². The van der Waals surface area contributed by atoms with E-state index in [4.69, 9.17) is 9.15 Å². The normalized spacial score (nSPS) is 11.8. The number of hydrogen-bond donors (Lipinski definition) is 0. The zero-order valence-electron chi connectivity index (χ0n) is 15.9. The van der Waals surface area contributed by atoms with E-state index >= 15 is 0 Å². The summed E-state index contributed by atoms with van der Waals surface area (Å²) in [6, 6.07) is 17.5. The number of carbonyl (C=O) groups is 1. The van der Waals surface area contributed by atoms with Gasteiger partial charge in [-0.1, -0.05) is 48.5 Å². The van der Waals surface area contributed by atoms with Gasteiger partial charge in [-0.3, -0.25) is 4.79 Å². The molecule has 1 atom stereocenters. The first-order valence-electron chi connectivity index (χ1n) is 8.99. The molecule has 0 fully saturated rings. The second-order valence-electron chi connectivity index (χ2n) is 6.41. The van der Waals surface area contributed by atoms with Gasteiger partial charge < -0.3 is 14.1 Å². The highest BCUT2D eigenvalue weighted by Gasteiger charge is 2.20. The Morgan fingerprint density at radius 3 is 2.59 bits per heavy atom. The second kappa shape index (κ2) is 8.54. The van der Waals surface area contributed by atoms with E-state index in [2.05, 4.69) is 4.98 Å². The van der Waals surface area contributed by atoms with Gasteiger partial charge in [-0.15, -0.1) is 0 Å². The maximum atomic E-state index is 12.6. The van der Waals surface area contributed by atoms with Gasteiger partial charge in [0.2, 0.25) is 5.91 Å². The molecular formula is C22H24N2O3. The lowest BCUT2D eigenvalue weighted by molar-refractivity contribution is -0.131. The second-order valence-corrected chi connectivity index (χ2v) is 6.41. The van der Waals surface area contributed by atoms with Crippen LogP contribution in [0.4, 0.5) is 0 Å². The summed E-state index contributed by atoms with van der Waals surface area (Å²) >= 11 is 0. The number of aryl methyl sites for hydroxylation is 1. The largest absolute Gasteiger partial charge is 0.496 e. The number of nitrogens with zero attached hydrogens (tertiary/aromatic N) is 2. The van der Waals surface area contributed by atoms with Crippen molar-refractivity contribution >= 4 is 5.91 Å². The first kappa shape index (κ1) is 18.7. The maximum absolute atomic E-state index is 12.6. The van der Waals surface area contributed by atoms with Crippen molar-refractivity contribution in [3.05, 3.63) is 72.2 Å². The third-order valence-electron chi connectivity index (χ3n) is 4.73. The Morgan fingerprint density at radius 2 is 1.85 bits per heavy atom. The summed E-state index contributed by atoms with van der Waals surface area (Å²) in [5.41, 5.74) is 1.96. The molecule has 0 saturated carbocycles. The molecule has 0 aliphatic rings. The van der Waals surface area contributed by atoms with Gasteiger partial charge in [0.25, 0.3) is 0 Å². The van der Waals surface area contributed by atoms with Crippen molar-refractivity contribution < 1.29 is 13.9 Å². The molecule has 1 unspecified atom stereocenters. The van der Waals surface area contributed by atoms with E-state index in [-0.39, 0.29) is 11.9 Å². The Labute approximate surface area is 159 Å². The zero-order valence-corrected chi connectivity index (χ0v) is 15.9. The molecule has 140 valence electrons. The third-order valence-corrected chi connectivity index (χ3v) is 4.73. The van der Waals surface area contributed by atoms with Gasteiger partial charge in [-0.2, -0.15) is 0 Å². The van der Waals surface area contributed by atoms with Crippen molar-refractivity contribution in [1.82, 2.24) is 9.88 Å². The molecule has 0 radical (unpaired) electrons. The van der Waals surface area contributed by atoms with E-state index in [0.717, 1.165) is 16.9 Å². The highest BCUT2D eigenvalue weighted by atomic mass is 16.5. The molecule has 0 N–H and O–H groups in total. The van der Waals surface area contributed by atoms with Gasteiger partial charge in [-0.25, -0.2) is 4.98 Å². The lowest BCUT2D eigenvalue weighted by Crippen LogP contribution is -2.30. The molecule has 0 aliphatic heterocycles. The first-order chi connectivity index (χ1) is 13.1. The standard InChI is InChI=1S/C22H24N2O3/c1-16(18-11-7-8-12-19(18)26-3)24(2)22(25)14-13-21-23-15-20(27-21)17-9-5-4-6-10-17/h4-12,15-16H,13-14H2,1-3H3. The number of carbonyl (C=O) groups excluding carboxylic acids is 1. The quantitative estimate of drug-likeness (QED) is 0.619. The minimum absolute atomic E-state index is 0.0351. The van der Waals surface area contributed by atoms with Crippen molar-refractivity contribution in [2.24, 2.45) is 0 Å². The SMILES string of the molecule is COc1ccccc1C(C)N(C)C(=O)CCc1ncc(-c2ccccc2)o1. The number of hydrogen-bond acceptors (Lipinski definition) is 4. The summed E-state index contributed by atoms with van der Waals surface area (Å²) in [7, 11) is 3.45. The highest BCUT2D eigenvalue weighted by Crippen LogP contribution is 2.28. The van der Waals surface area contributed by atoms with Crippen molar-refractivity contribution in [2.45, 2.75) is 25.8 Å². The molecule has 3 rings (SSSR count). The van der Waals surface area contributed by atoms with Crippen LogP contribution in [0.3, 0.4) is 0 Å². The van der Waals surface area contributed by atoms with Crippen LogP contribution in [0.15, 0.2) is 65.2 Å². The van der Waals surface area contributed by atoms with Gasteiger partial charge in [-0.05, 0) is 13.0 Å². The number of para-hydroxylation sites is 1. The summed E-state index contributed by atoms with van der Waals surface area (Å²) < 4.78 is 11.2. The highest BCUT2D eigenvalue weighted by molar-refractivity contribution is 5.76. The fourth-order valence-corrected chi connectivity index (χ4v) is 2.99. The van der Waals surface area contributed by atoms with E-state index < -0.39 is 0 Å². The zero-order chi connectivity index (χ0) is 19.2. The Balaban J connectivity index is 1.61. The summed E-state index contributed by atoms with van der Waals surface area (Å²) in [6.45, 7) is 1.99. The van der Waals surface area contributed by atoms with E-state index in [1.165, 1.54) is 0 Å². The van der Waals surface area contributed by atoms with Crippen LogP contribution in [-0.4, -0.2) is 29.9 Å². The summed E-state index contributed by atoms with van der Waals surface area (Å²) in [5.74, 6) is 2.10. The van der Waals surface area contributed by atoms with Crippen LogP contribution in [0, 0.1) is 0 Å². The van der Waals surface area contributed by atoms with Crippen LogP contribution in [0.5, 0.6) is 5.75 Å². The molecule has 0 saturated heterocycles. The van der Waals surface area contributed by atoms with E-state index in [1.54, 1.807) is 18.2 Å². The Bertz CT molecular complexity index is 889. The predicted molar refractivity (Wildman–Crippen MR) is 104 cm³/mol. The topological polar surface area (TPSA) is 55.6 Å². The third kappa shape index (κ3) is 4.37. The molecule has 1 aromatic heterocycles. The number of amides is 1. The summed E-state index contributed by atoms with van der Waals surface area (Å²) in [5, 5.41) is 0. The number of methoxy groups -OCH3 is 1. The molecule has 1 amide bonds. The van der Waals surface area contributed by atoms with E-state index in [1.807, 2.05) is 68.6 Å². The number of ether oxygens (including phenoxy) is 1. The molecule has 2 aromatic carbocycles. The molecule has 0 bridgehead atoms. The van der Waals surface area contributed by atoms with Gasteiger partial charge in [0.15, 0.2) is 11.7 Å². The average molecular weight is 364 g/mol. The number of aromatic nitrogens is 1. The molecular weight excluding hydrogens is 340 g/mol. The molecule has 0 spiro atoms. The number of oxazole rings is 1. The Hall–Kier alpha value is -3.08. The van der Waals surface area contributed by atoms with Crippen LogP contribution in [0.1, 0.15) is 30.8 Å². The molecule has 5 heteroatoms. The van der Waals surface area contributed by atoms with Crippen molar-refractivity contribution in [3.63, 3.8) is 0 Å². The predicted octanol–water partition coefficient (Wildman–Crippen LogP) is 4.50. The molecule has 3 aromatic rings. The maximum Gasteiger partial charge on any atom is 0.223 e. The Kier molecular flexibility index (Phi) is 5.91. The van der Waals surface area contributed by atoms with Crippen LogP contribution in [0.2, 0.25) is 0 Å². The van der Waals surface area contributed by atoms with Crippen LogP contribution in [0.25, 0.3) is 11.3 Å². The molecule has 1 heterocycles. The van der Waals surface area contributed by atoms with Gasteiger partial charge in [0.1, 0.15) is 5.75 Å².